The molecule has 0 aliphatic rings. The summed E-state index contributed by atoms with van der Waals surface area (Å²) >= 11 is 0. The van der Waals surface area contributed by atoms with Gasteiger partial charge < -0.3 is 18.9 Å². The summed E-state index contributed by atoms with van der Waals surface area (Å²) in [6.45, 7) is 8.90. The second kappa shape index (κ2) is 13.2. The van der Waals surface area contributed by atoms with Crippen molar-refractivity contribution in [2.24, 2.45) is 11.3 Å². The first-order valence-corrected chi connectivity index (χ1v) is 14.5. The lowest BCUT2D eigenvalue weighted by Crippen LogP contribution is -2.17. The van der Waals surface area contributed by atoms with E-state index in [1.54, 1.807) is 28.4 Å². The van der Waals surface area contributed by atoms with Crippen LogP contribution in [0.25, 0.3) is 0 Å². The van der Waals surface area contributed by atoms with Gasteiger partial charge in [-0.3, -0.25) is 0 Å². The third-order valence-corrected chi connectivity index (χ3v) is 8.65. The average molecular weight is 538 g/mol. The molecule has 0 fully saturated rings. The summed E-state index contributed by atoms with van der Waals surface area (Å²) in [5, 5.41) is 0.889. The second-order valence-electron chi connectivity index (χ2n) is 11.0. The molecule has 0 saturated carbocycles. The summed E-state index contributed by atoms with van der Waals surface area (Å²) in [6, 6.07) is 17.7. The van der Waals surface area contributed by atoms with Crippen LogP contribution >= 0.6 is 7.80 Å². The molecule has 0 aliphatic heterocycles. The minimum absolute atomic E-state index is 0.186. The number of methoxy groups -OCH3 is 4. The van der Waals surface area contributed by atoms with Crippen LogP contribution in [0.1, 0.15) is 56.4 Å². The van der Waals surface area contributed by atoms with E-state index in [-0.39, 0.29) is 5.41 Å². The van der Waals surface area contributed by atoms with Gasteiger partial charge in [0.1, 0.15) is 23.0 Å². The van der Waals surface area contributed by atoms with Gasteiger partial charge in [-0.2, -0.15) is 0 Å². The minimum Gasteiger partial charge on any atom is -0.496 e. The highest BCUT2D eigenvalue weighted by Crippen LogP contribution is 2.38. The maximum absolute atomic E-state index is 13.9. The van der Waals surface area contributed by atoms with Crippen LogP contribution < -0.4 is 24.3 Å². The molecule has 3 aromatic carbocycles. The van der Waals surface area contributed by atoms with Gasteiger partial charge >= 0.3 is 7.80 Å². The molecular formula is C32H42O5P+. The van der Waals surface area contributed by atoms with Crippen molar-refractivity contribution in [1.82, 2.24) is 0 Å². The Bertz CT molecular complexity index is 1200. The van der Waals surface area contributed by atoms with Gasteiger partial charge in [0, 0.05) is 35.4 Å². The first kappa shape index (κ1) is 29.5. The van der Waals surface area contributed by atoms with E-state index in [2.05, 4.69) is 33.8 Å². The molecule has 0 aromatic heterocycles. The van der Waals surface area contributed by atoms with E-state index < -0.39 is 7.80 Å². The zero-order chi connectivity index (χ0) is 27.9. The van der Waals surface area contributed by atoms with Crippen molar-refractivity contribution in [2.45, 2.75) is 47.0 Å². The minimum atomic E-state index is -1.62. The van der Waals surface area contributed by atoms with Crippen LogP contribution in [0.15, 0.2) is 54.6 Å². The van der Waals surface area contributed by atoms with E-state index in [4.69, 9.17) is 18.9 Å². The molecule has 0 amide bonds. The number of hydrogen-bond donors (Lipinski definition) is 0. The topological polar surface area (TPSA) is 54.0 Å². The van der Waals surface area contributed by atoms with E-state index in [0.717, 1.165) is 57.0 Å². The normalized spacial score (nSPS) is 12.6. The van der Waals surface area contributed by atoms with E-state index >= 15 is 0 Å². The van der Waals surface area contributed by atoms with E-state index in [1.807, 2.05) is 48.5 Å². The molecule has 0 radical (unpaired) electrons. The Labute approximate surface area is 229 Å². The van der Waals surface area contributed by atoms with Crippen LogP contribution in [-0.2, 0) is 17.4 Å². The molecule has 0 N–H and O–H groups in total. The van der Waals surface area contributed by atoms with Crippen LogP contribution in [0.2, 0.25) is 0 Å². The number of ether oxygens (including phenoxy) is 4. The molecule has 204 valence electrons. The SMILES string of the molecule is COc1cccc(OC)c1Cc1cccc([P+](=O)CC(C)CC(C)(C)C)c1Cc1c(OC)cccc1OC. The Hall–Kier alpha value is -3.04. The molecule has 0 aliphatic carbocycles. The van der Waals surface area contributed by atoms with Crippen LogP contribution in [0, 0.1) is 11.3 Å². The monoisotopic (exact) mass is 537 g/mol. The molecule has 38 heavy (non-hydrogen) atoms. The first-order chi connectivity index (χ1) is 18.1. The van der Waals surface area contributed by atoms with Crippen LogP contribution in [-0.4, -0.2) is 34.6 Å². The molecule has 5 nitrogen and oxygen atoms in total. The van der Waals surface area contributed by atoms with E-state index in [0.29, 0.717) is 24.9 Å². The van der Waals surface area contributed by atoms with Crippen molar-refractivity contribution in [3.63, 3.8) is 0 Å². The lowest BCUT2D eigenvalue weighted by molar-refractivity contribution is 0.322. The van der Waals surface area contributed by atoms with Gasteiger partial charge in [0.25, 0.3) is 0 Å². The Morgan fingerprint density at radius 3 is 1.58 bits per heavy atom. The summed E-state index contributed by atoms with van der Waals surface area (Å²) in [6.07, 6.45) is 2.77. The Balaban J connectivity index is 2.14. The molecule has 3 aromatic rings. The third kappa shape index (κ3) is 7.29. The third-order valence-electron chi connectivity index (χ3n) is 6.74. The van der Waals surface area contributed by atoms with Crippen molar-refractivity contribution in [1.29, 1.82) is 0 Å². The number of benzene rings is 3. The molecule has 0 saturated heterocycles. The summed E-state index contributed by atoms with van der Waals surface area (Å²) in [5.74, 6) is 3.36. The molecule has 2 atom stereocenters. The Morgan fingerprint density at radius 2 is 1.13 bits per heavy atom. The number of hydrogen-bond acceptors (Lipinski definition) is 5. The smallest absolute Gasteiger partial charge is 0.377 e. The van der Waals surface area contributed by atoms with Crippen molar-refractivity contribution >= 4 is 13.1 Å². The van der Waals surface area contributed by atoms with Crippen molar-refractivity contribution < 1.29 is 23.5 Å². The van der Waals surface area contributed by atoms with Gasteiger partial charge in [0.05, 0.1) is 28.4 Å². The maximum Gasteiger partial charge on any atom is 0.377 e. The molecular weight excluding hydrogens is 495 g/mol. The number of rotatable bonds is 12. The van der Waals surface area contributed by atoms with Crippen molar-refractivity contribution in [2.75, 3.05) is 34.6 Å². The van der Waals surface area contributed by atoms with Gasteiger partial charge in [0.2, 0.25) is 0 Å². The van der Waals surface area contributed by atoms with Gasteiger partial charge in [-0.05, 0) is 47.7 Å². The van der Waals surface area contributed by atoms with Crippen LogP contribution in [0.5, 0.6) is 23.0 Å². The van der Waals surface area contributed by atoms with Gasteiger partial charge in [0.15, 0.2) is 11.5 Å². The van der Waals surface area contributed by atoms with Gasteiger partial charge in [-0.15, -0.1) is 0 Å². The highest BCUT2D eigenvalue weighted by Gasteiger charge is 2.31. The Kier molecular flexibility index (Phi) is 10.2. The molecule has 6 heteroatoms. The standard InChI is InChI=1S/C32H42O5P/c1-22(20-32(2,3)4)21-38(33)31-17-9-12-23(18-25-27(34-5)13-10-14-28(25)35-6)24(31)19-26-29(36-7)15-11-16-30(26)37-8/h9-17,22H,18-21H2,1-8H3/q+1. The predicted octanol–water partition coefficient (Wildman–Crippen LogP) is 7.43. The summed E-state index contributed by atoms with van der Waals surface area (Å²) in [7, 11) is 5.05. The second-order valence-corrected chi connectivity index (χ2v) is 12.6. The maximum atomic E-state index is 13.9. The molecule has 3 rings (SSSR count). The largest absolute Gasteiger partial charge is 0.496 e. The highest BCUT2D eigenvalue weighted by molar-refractivity contribution is 7.53. The summed E-state index contributed by atoms with van der Waals surface area (Å²) in [4.78, 5) is 0. The fraction of sp³-hybridized carbons (Fsp3) is 0.438. The lowest BCUT2D eigenvalue weighted by atomic mass is 9.86. The van der Waals surface area contributed by atoms with Crippen molar-refractivity contribution in [3.05, 3.63) is 76.9 Å². The summed E-state index contributed by atoms with van der Waals surface area (Å²) in [5.41, 5.74) is 4.19. The molecule has 0 bridgehead atoms. The molecule has 2 unspecified atom stereocenters. The quantitative estimate of drug-likeness (QED) is 0.225. The van der Waals surface area contributed by atoms with E-state index in [9.17, 15) is 4.57 Å². The van der Waals surface area contributed by atoms with Gasteiger partial charge in [-0.25, -0.2) is 0 Å². The fourth-order valence-electron chi connectivity index (χ4n) is 5.29. The van der Waals surface area contributed by atoms with Crippen molar-refractivity contribution in [3.8, 4) is 23.0 Å². The highest BCUT2D eigenvalue weighted by atomic mass is 31.1. The summed E-state index contributed by atoms with van der Waals surface area (Å²) < 4.78 is 36.8. The Morgan fingerprint density at radius 1 is 0.684 bits per heavy atom. The van der Waals surface area contributed by atoms with E-state index in [1.165, 1.54) is 0 Å². The zero-order valence-electron chi connectivity index (χ0n) is 24.1. The van der Waals surface area contributed by atoms with Crippen LogP contribution in [0.4, 0.5) is 0 Å². The fourth-order valence-corrected chi connectivity index (χ4v) is 6.96. The molecule has 0 spiro atoms. The zero-order valence-corrected chi connectivity index (χ0v) is 25.0. The molecule has 0 heterocycles. The first-order valence-electron chi connectivity index (χ1n) is 13.1. The van der Waals surface area contributed by atoms with Crippen LogP contribution in [0.3, 0.4) is 0 Å². The predicted molar refractivity (Wildman–Crippen MR) is 156 cm³/mol. The average Bonchev–Trinajstić information content (AvgIpc) is 2.88. The lowest BCUT2D eigenvalue weighted by Gasteiger charge is -2.21. The van der Waals surface area contributed by atoms with Gasteiger partial charge in [-0.1, -0.05) is 56.5 Å².